The van der Waals surface area contributed by atoms with E-state index in [1.807, 2.05) is 23.1 Å². The number of likely N-dealkylation sites (tertiary alicyclic amines) is 1. The molecule has 0 aliphatic carbocycles. The first-order valence-electron chi connectivity index (χ1n) is 9.11. The molecule has 1 aliphatic heterocycles. The molecule has 1 aromatic carbocycles. The van der Waals surface area contributed by atoms with Gasteiger partial charge in [0.2, 0.25) is 0 Å². The molecule has 3 aromatic rings. The molecule has 1 atom stereocenters. The Hall–Kier alpha value is -2.60. The molecule has 0 saturated carbocycles. The van der Waals surface area contributed by atoms with E-state index in [0.29, 0.717) is 24.8 Å². The standard InChI is InChI=1S/C20H24N4O2/c1-26-14-15-5-4-9-24(12-15)20(25)18-11-17(21-22-18)13-23-10-8-16-6-2-3-7-19(16)23/h2-3,6-8,10-11,15H,4-5,9,12-14H2,1H3,(H,21,22)/t15-/m0/s1. The smallest absolute Gasteiger partial charge is 0.274 e. The van der Waals surface area contributed by atoms with Crippen molar-refractivity contribution < 1.29 is 9.53 Å². The number of piperidine rings is 1. The number of H-pyrrole nitrogens is 1. The second-order valence-corrected chi connectivity index (χ2v) is 7.00. The number of amides is 1. The van der Waals surface area contributed by atoms with Crippen molar-refractivity contribution >= 4 is 16.8 Å². The number of benzene rings is 1. The highest BCUT2D eigenvalue weighted by molar-refractivity contribution is 5.92. The average Bonchev–Trinajstić information content (AvgIpc) is 3.30. The van der Waals surface area contributed by atoms with Crippen molar-refractivity contribution in [3.8, 4) is 0 Å². The van der Waals surface area contributed by atoms with Gasteiger partial charge in [0.15, 0.2) is 0 Å². The number of nitrogens with one attached hydrogen (secondary N) is 1. The molecule has 0 spiro atoms. The summed E-state index contributed by atoms with van der Waals surface area (Å²) in [5.74, 6) is 0.424. The van der Waals surface area contributed by atoms with Crippen LogP contribution in [0.3, 0.4) is 0 Å². The zero-order valence-corrected chi connectivity index (χ0v) is 15.0. The van der Waals surface area contributed by atoms with Crippen molar-refractivity contribution in [1.82, 2.24) is 19.7 Å². The lowest BCUT2D eigenvalue weighted by molar-refractivity contribution is 0.0565. The first-order valence-corrected chi connectivity index (χ1v) is 9.11. The summed E-state index contributed by atoms with van der Waals surface area (Å²) in [6, 6.07) is 12.2. The number of aromatic nitrogens is 3. The highest BCUT2D eigenvalue weighted by atomic mass is 16.5. The number of hydrogen-bond acceptors (Lipinski definition) is 3. The van der Waals surface area contributed by atoms with Crippen LogP contribution in [-0.4, -0.2) is 52.4 Å². The number of carbonyl (C=O) groups is 1. The molecule has 26 heavy (non-hydrogen) atoms. The lowest BCUT2D eigenvalue weighted by atomic mass is 9.99. The SMILES string of the molecule is COC[C@H]1CCCN(C(=O)c2cc(Cn3ccc4ccccc43)[nH]n2)C1. The predicted octanol–water partition coefficient (Wildman–Crippen LogP) is 2.91. The van der Waals surface area contributed by atoms with Crippen molar-refractivity contribution in [2.45, 2.75) is 19.4 Å². The Morgan fingerprint density at radius 1 is 1.35 bits per heavy atom. The number of para-hydroxylation sites is 1. The Bertz CT molecular complexity index is 896. The summed E-state index contributed by atoms with van der Waals surface area (Å²) in [5, 5.41) is 8.49. The van der Waals surface area contributed by atoms with E-state index in [9.17, 15) is 4.79 Å². The van der Waals surface area contributed by atoms with E-state index in [2.05, 4.69) is 39.2 Å². The second kappa shape index (κ2) is 7.33. The van der Waals surface area contributed by atoms with Gasteiger partial charge in [0.25, 0.3) is 5.91 Å². The van der Waals surface area contributed by atoms with E-state index >= 15 is 0 Å². The molecule has 1 aliphatic rings. The van der Waals surface area contributed by atoms with Gasteiger partial charge in [-0.3, -0.25) is 9.89 Å². The van der Waals surface area contributed by atoms with Gasteiger partial charge in [0.1, 0.15) is 5.69 Å². The number of nitrogens with zero attached hydrogens (tertiary/aromatic N) is 3. The molecular formula is C20H24N4O2. The molecular weight excluding hydrogens is 328 g/mol. The molecule has 3 heterocycles. The van der Waals surface area contributed by atoms with Crippen molar-refractivity contribution in [3.63, 3.8) is 0 Å². The van der Waals surface area contributed by atoms with Crippen LogP contribution in [0.15, 0.2) is 42.6 Å². The van der Waals surface area contributed by atoms with Crippen LogP contribution >= 0.6 is 0 Å². The molecule has 6 heteroatoms. The summed E-state index contributed by atoms with van der Waals surface area (Å²) < 4.78 is 7.41. The van der Waals surface area contributed by atoms with Crippen LogP contribution in [0.1, 0.15) is 29.0 Å². The van der Waals surface area contributed by atoms with Gasteiger partial charge < -0.3 is 14.2 Å². The Labute approximate surface area is 152 Å². The summed E-state index contributed by atoms with van der Waals surface area (Å²) in [6.45, 7) is 2.91. The fourth-order valence-electron chi connectivity index (χ4n) is 3.80. The van der Waals surface area contributed by atoms with Crippen LogP contribution in [0, 0.1) is 5.92 Å². The molecule has 0 unspecified atom stereocenters. The van der Waals surface area contributed by atoms with Gasteiger partial charge in [-0.05, 0) is 42.3 Å². The molecule has 6 nitrogen and oxygen atoms in total. The molecule has 0 bridgehead atoms. The van der Waals surface area contributed by atoms with Gasteiger partial charge >= 0.3 is 0 Å². The first kappa shape index (κ1) is 16.8. The summed E-state index contributed by atoms with van der Waals surface area (Å²) in [7, 11) is 1.71. The molecule has 1 N–H and O–H groups in total. The third-order valence-corrected chi connectivity index (χ3v) is 5.08. The zero-order valence-electron chi connectivity index (χ0n) is 15.0. The number of rotatable bonds is 5. The Morgan fingerprint density at radius 3 is 3.12 bits per heavy atom. The second-order valence-electron chi connectivity index (χ2n) is 7.00. The van der Waals surface area contributed by atoms with Gasteiger partial charge in [0, 0.05) is 31.9 Å². The summed E-state index contributed by atoms with van der Waals surface area (Å²) in [5.41, 5.74) is 2.60. The number of hydrogen-bond donors (Lipinski definition) is 1. The van der Waals surface area contributed by atoms with Crippen LogP contribution in [0.5, 0.6) is 0 Å². The zero-order chi connectivity index (χ0) is 17.9. The average molecular weight is 352 g/mol. The van der Waals surface area contributed by atoms with E-state index < -0.39 is 0 Å². The van der Waals surface area contributed by atoms with Crippen LogP contribution in [0.4, 0.5) is 0 Å². The van der Waals surface area contributed by atoms with Gasteiger partial charge in [-0.15, -0.1) is 0 Å². The van der Waals surface area contributed by atoms with Crippen LogP contribution in [-0.2, 0) is 11.3 Å². The maximum absolute atomic E-state index is 12.8. The molecule has 1 fully saturated rings. The van der Waals surface area contributed by atoms with Crippen molar-refractivity contribution in [1.29, 1.82) is 0 Å². The monoisotopic (exact) mass is 352 g/mol. The topological polar surface area (TPSA) is 63.1 Å². The van der Waals surface area contributed by atoms with Crippen LogP contribution in [0.25, 0.3) is 10.9 Å². The van der Waals surface area contributed by atoms with Crippen LogP contribution < -0.4 is 0 Å². The van der Waals surface area contributed by atoms with Crippen molar-refractivity contribution in [2.75, 3.05) is 26.8 Å². The highest BCUT2D eigenvalue weighted by Crippen LogP contribution is 2.20. The summed E-state index contributed by atoms with van der Waals surface area (Å²) in [4.78, 5) is 14.7. The third-order valence-electron chi connectivity index (χ3n) is 5.08. The van der Waals surface area contributed by atoms with E-state index in [0.717, 1.165) is 31.6 Å². The quantitative estimate of drug-likeness (QED) is 0.768. The van der Waals surface area contributed by atoms with Gasteiger partial charge in [-0.25, -0.2) is 0 Å². The van der Waals surface area contributed by atoms with E-state index in [1.165, 1.54) is 10.9 Å². The lowest BCUT2D eigenvalue weighted by Crippen LogP contribution is -2.41. The van der Waals surface area contributed by atoms with E-state index in [-0.39, 0.29) is 5.91 Å². The Morgan fingerprint density at radius 2 is 2.23 bits per heavy atom. The third kappa shape index (κ3) is 3.37. The lowest BCUT2D eigenvalue weighted by Gasteiger charge is -2.31. The predicted molar refractivity (Wildman–Crippen MR) is 100 cm³/mol. The largest absolute Gasteiger partial charge is 0.384 e. The number of ether oxygens (including phenoxy) is 1. The number of aromatic amines is 1. The summed E-state index contributed by atoms with van der Waals surface area (Å²) >= 11 is 0. The van der Waals surface area contributed by atoms with Crippen molar-refractivity contribution in [2.24, 2.45) is 5.92 Å². The van der Waals surface area contributed by atoms with Gasteiger partial charge in [-0.2, -0.15) is 5.10 Å². The van der Waals surface area contributed by atoms with E-state index in [4.69, 9.17) is 4.74 Å². The first-order chi connectivity index (χ1) is 12.7. The minimum atomic E-state index is 0.00525. The maximum Gasteiger partial charge on any atom is 0.274 e. The normalized spacial score (nSPS) is 17.7. The maximum atomic E-state index is 12.8. The Balaban J connectivity index is 1.46. The molecule has 1 amide bonds. The van der Waals surface area contributed by atoms with Gasteiger partial charge in [-0.1, -0.05) is 18.2 Å². The molecule has 136 valence electrons. The number of fused-ring (bicyclic) bond motifs is 1. The highest BCUT2D eigenvalue weighted by Gasteiger charge is 2.25. The van der Waals surface area contributed by atoms with Crippen molar-refractivity contribution in [3.05, 3.63) is 54.0 Å². The molecule has 0 radical (unpaired) electrons. The molecule has 1 saturated heterocycles. The number of carbonyl (C=O) groups excluding carboxylic acids is 1. The van der Waals surface area contributed by atoms with Crippen LogP contribution in [0.2, 0.25) is 0 Å². The minimum absolute atomic E-state index is 0.00525. The fourth-order valence-corrected chi connectivity index (χ4v) is 3.80. The number of methoxy groups -OCH3 is 1. The summed E-state index contributed by atoms with van der Waals surface area (Å²) in [6.07, 6.45) is 4.20. The fraction of sp³-hybridized carbons (Fsp3) is 0.400. The van der Waals surface area contributed by atoms with Gasteiger partial charge in [0.05, 0.1) is 18.8 Å². The minimum Gasteiger partial charge on any atom is -0.384 e. The Kier molecular flexibility index (Phi) is 4.75. The molecule has 2 aromatic heterocycles. The van der Waals surface area contributed by atoms with E-state index in [1.54, 1.807) is 7.11 Å². The molecule has 4 rings (SSSR count).